The van der Waals surface area contributed by atoms with Crippen molar-refractivity contribution in [1.82, 2.24) is 9.62 Å². The second kappa shape index (κ2) is 8.37. The second-order valence-electron chi connectivity index (χ2n) is 6.67. The Morgan fingerprint density at radius 1 is 1.22 bits per heavy atom. The first-order valence-corrected chi connectivity index (χ1v) is 9.21. The fourth-order valence-electron chi connectivity index (χ4n) is 2.41. The molecule has 0 saturated carbocycles. The summed E-state index contributed by atoms with van der Waals surface area (Å²) >= 11 is 12.3. The molecule has 0 saturated heterocycles. The van der Waals surface area contributed by atoms with Crippen molar-refractivity contribution >= 4 is 45.6 Å². The fraction of sp³-hybridized carbons (Fsp3) is 0.600. The molecule has 0 spiro atoms. The van der Waals surface area contributed by atoms with Crippen LogP contribution >= 0.6 is 35.6 Å². The van der Waals surface area contributed by atoms with Crippen molar-refractivity contribution in [2.45, 2.75) is 32.6 Å². The van der Waals surface area contributed by atoms with Crippen molar-refractivity contribution < 1.29 is 8.42 Å². The molecule has 1 rings (SSSR count). The third-order valence-corrected chi connectivity index (χ3v) is 5.91. The highest BCUT2D eigenvalue weighted by atomic mass is 35.5. The molecule has 0 fully saturated rings. The van der Waals surface area contributed by atoms with E-state index in [0.29, 0.717) is 22.7 Å². The van der Waals surface area contributed by atoms with E-state index in [1.165, 1.54) is 0 Å². The number of nitrogens with zero attached hydrogens (tertiary/aromatic N) is 1. The topological polar surface area (TPSA) is 49.4 Å². The molecule has 1 N–H and O–H groups in total. The summed E-state index contributed by atoms with van der Waals surface area (Å²) < 4.78 is 27.9. The van der Waals surface area contributed by atoms with Crippen molar-refractivity contribution in [2.24, 2.45) is 5.41 Å². The normalized spacial score (nSPS) is 12.4. The predicted molar refractivity (Wildman–Crippen MR) is 101 cm³/mol. The van der Waals surface area contributed by atoms with Gasteiger partial charge in [-0.05, 0) is 50.6 Å². The minimum Gasteiger partial charge on any atom is -0.309 e. The van der Waals surface area contributed by atoms with Crippen LogP contribution in [0.5, 0.6) is 0 Å². The number of sulfonamides is 1. The van der Waals surface area contributed by atoms with Crippen LogP contribution in [-0.4, -0.2) is 40.5 Å². The van der Waals surface area contributed by atoms with Crippen LogP contribution in [0.3, 0.4) is 0 Å². The number of benzene rings is 1. The molecule has 0 aliphatic rings. The Labute approximate surface area is 156 Å². The Kier molecular flexibility index (Phi) is 8.35. The first-order chi connectivity index (χ1) is 9.87. The summed E-state index contributed by atoms with van der Waals surface area (Å²) in [5, 5.41) is 0.620. The van der Waals surface area contributed by atoms with Gasteiger partial charge >= 0.3 is 0 Å². The Morgan fingerprint density at radius 2 is 1.74 bits per heavy atom. The summed E-state index contributed by atoms with van der Waals surface area (Å²) in [7, 11) is 0.191. The zero-order valence-electron chi connectivity index (χ0n) is 14.3. The van der Waals surface area contributed by atoms with Crippen molar-refractivity contribution in [3.8, 4) is 0 Å². The van der Waals surface area contributed by atoms with Gasteiger partial charge in [0.15, 0.2) is 0 Å². The zero-order valence-corrected chi connectivity index (χ0v) is 17.5. The highest BCUT2D eigenvalue weighted by Crippen LogP contribution is 2.33. The molecule has 8 heteroatoms. The van der Waals surface area contributed by atoms with E-state index >= 15 is 0 Å². The number of aryl methyl sites for hydroxylation is 1. The Morgan fingerprint density at radius 3 is 2.22 bits per heavy atom. The van der Waals surface area contributed by atoms with Gasteiger partial charge in [0.25, 0.3) is 0 Å². The van der Waals surface area contributed by atoms with Gasteiger partial charge in [0, 0.05) is 18.1 Å². The molecule has 0 aliphatic heterocycles. The average molecular weight is 404 g/mol. The SMILES string of the molecule is Cc1cc(Cl)c(C)c(S(=O)(=O)NCC(C)(C)CN(C)C)c1Cl.Cl. The molecule has 0 aliphatic carbocycles. The standard InChI is InChI=1S/C15H24Cl2N2O2S.ClH/c1-10-7-12(16)11(2)14(13(10)17)22(20,21)18-8-15(3,4)9-19(5)6;/h7,18H,8-9H2,1-6H3;1H. The highest BCUT2D eigenvalue weighted by molar-refractivity contribution is 7.89. The van der Waals surface area contributed by atoms with Gasteiger partial charge in [-0.15, -0.1) is 12.4 Å². The molecule has 0 atom stereocenters. The largest absolute Gasteiger partial charge is 0.309 e. The van der Waals surface area contributed by atoms with Gasteiger partial charge in [0.05, 0.1) is 5.02 Å². The van der Waals surface area contributed by atoms with Crippen molar-refractivity contribution in [2.75, 3.05) is 27.2 Å². The second-order valence-corrected chi connectivity index (χ2v) is 9.16. The number of rotatable bonds is 6. The van der Waals surface area contributed by atoms with Gasteiger partial charge in [-0.1, -0.05) is 37.0 Å². The van der Waals surface area contributed by atoms with E-state index in [1.807, 2.05) is 32.8 Å². The number of hydrogen-bond donors (Lipinski definition) is 1. The molecular formula is C15H25Cl3N2O2S. The molecule has 23 heavy (non-hydrogen) atoms. The minimum absolute atomic E-state index is 0. The van der Waals surface area contributed by atoms with Crippen LogP contribution in [0.4, 0.5) is 0 Å². The molecule has 0 bridgehead atoms. The van der Waals surface area contributed by atoms with Crippen molar-refractivity contribution in [3.05, 3.63) is 27.2 Å². The molecule has 0 heterocycles. The third-order valence-electron chi connectivity index (χ3n) is 3.34. The van der Waals surface area contributed by atoms with Crippen LogP contribution in [0.25, 0.3) is 0 Å². The summed E-state index contributed by atoms with van der Waals surface area (Å²) in [4.78, 5) is 2.09. The van der Waals surface area contributed by atoms with Gasteiger partial charge in [-0.3, -0.25) is 0 Å². The van der Waals surface area contributed by atoms with Crippen LogP contribution in [0.2, 0.25) is 10.0 Å². The summed E-state index contributed by atoms with van der Waals surface area (Å²) in [6.45, 7) is 8.49. The maximum Gasteiger partial charge on any atom is 0.242 e. The van der Waals surface area contributed by atoms with Crippen molar-refractivity contribution in [3.63, 3.8) is 0 Å². The minimum atomic E-state index is -3.72. The predicted octanol–water partition coefficient (Wildman–Crippen LogP) is 3.90. The quantitative estimate of drug-likeness (QED) is 0.783. The average Bonchev–Trinajstić information content (AvgIpc) is 2.33. The lowest BCUT2D eigenvalue weighted by Gasteiger charge is -2.28. The Balaban J connectivity index is 0.00000484. The van der Waals surface area contributed by atoms with Crippen molar-refractivity contribution in [1.29, 1.82) is 0 Å². The molecule has 4 nitrogen and oxygen atoms in total. The summed E-state index contributed by atoms with van der Waals surface area (Å²) in [6.07, 6.45) is 0. The molecule has 0 amide bonds. The monoisotopic (exact) mass is 402 g/mol. The van der Waals surface area contributed by atoms with E-state index < -0.39 is 10.0 Å². The van der Waals surface area contributed by atoms with Crippen LogP contribution in [-0.2, 0) is 10.0 Å². The molecule has 1 aromatic carbocycles. The summed E-state index contributed by atoms with van der Waals surface area (Å²) in [6, 6.07) is 1.67. The highest BCUT2D eigenvalue weighted by Gasteiger charge is 2.27. The van der Waals surface area contributed by atoms with E-state index in [0.717, 1.165) is 6.54 Å². The Bertz CT molecular complexity index is 633. The van der Waals surface area contributed by atoms with Gasteiger partial charge < -0.3 is 4.90 Å². The summed E-state index contributed by atoms with van der Waals surface area (Å²) in [5.41, 5.74) is 0.908. The van der Waals surface area contributed by atoms with E-state index in [9.17, 15) is 8.42 Å². The molecule has 1 aromatic rings. The maximum atomic E-state index is 12.6. The van der Waals surface area contributed by atoms with Gasteiger partial charge in [-0.25, -0.2) is 13.1 Å². The third kappa shape index (κ3) is 6.07. The van der Waals surface area contributed by atoms with Crippen LogP contribution in [0.15, 0.2) is 11.0 Å². The fourth-order valence-corrected chi connectivity index (χ4v) is 4.86. The number of hydrogen-bond acceptors (Lipinski definition) is 3. The van der Waals surface area contributed by atoms with Gasteiger partial charge in [0.1, 0.15) is 4.90 Å². The van der Waals surface area contributed by atoms with E-state index in [4.69, 9.17) is 23.2 Å². The molecule has 0 aromatic heterocycles. The molecule has 0 unspecified atom stereocenters. The van der Waals surface area contributed by atoms with Gasteiger partial charge in [0.2, 0.25) is 10.0 Å². The first-order valence-electron chi connectivity index (χ1n) is 6.97. The lowest BCUT2D eigenvalue weighted by Crippen LogP contribution is -2.40. The lowest BCUT2D eigenvalue weighted by molar-refractivity contribution is 0.242. The van der Waals surface area contributed by atoms with E-state index in [1.54, 1.807) is 19.9 Å². The summed E-state index contributed by atoms with van der Waals surface area (Å²) in [5.74, 6) is 0. The Hall–Kier alpha value is -0.0400. The maximum absolute atomic E-state index is 12.6. The van der Waals surface area contributed by atoms with E-state index in [-0.39, 0.29) is 27.7 Å². The zero-order chi connectivity index (χ0) is 17.3. The van der Waals surface area contributed by atoms with Crippen LogP contribution in [0.1, 0.15) is 25.0 Å². The number of nitrogens with one attached hydrogen (secondary N) is 1. The van der Waals surface area contributed by atoms with Crippen LogP contribution < -0.4 is 4.72 Å². The van der Waals surface area contributed by atoms with Crippen LogP contribution in [0, 0.1) is 19.3 Å². The van der Waals surface area contributed by atoms with E-state index in [2.05, 4.69) is 4.72 Å². The lowest BCUT2D eigenvalue weighted by atomic mass is 9.93. The van der Waals surface area contributed by atoms with Gasteiger partial charge in [-0.2, -0.15) is 0 Å². The molecule has 134 valence electrons. The molecular weight excluding hydrogens is 379 g/mol. The smallest absolute Gasteiger partial charge is 0.242 e. The number of halogens is 3. The molecule has 0 radical (unpaired) electrons. The first kappa shape index (κ1) is 23.0.